The van der Waals surface area contributed by atoms with Crippen molar-refractivity contribution in [2.24, 2.45) is 5.92 Å². The highest BCUT2D eigenvalue weighted by Gasteiger charge is 2.61. The molecule has 2 aliphatic carbocycles. The molecular formula is C26H37N7O4S. The number of aliphatic hydroxyl groups is 1. The summed E-state index contributed by atoms with van der Waals surface area (Å²) >= 11 is 0. The van der Waals surface area contributed by atoms with Crippen LogP contribution < -0.4 is 10.2 Å². The van der Waals surface area contributed by atoms with Gasteiger partial charge in [-0.1, -0.05) is 6.92 Å². The molecule has 0 aromatic carbocycles. The van der Waals surface area contributed by atoms with E-state index in [1.165, 1.54) is 10.5 Å². The monoisotopic (exact) mass is 543 g/mol. The van der Waals surface area contributed by atoms with Crippen molar-refractivity contribution in [2.75, 3.05) is 23.3 Å². The first-order valence-corrected chi connectivity index (χ1v) is 15.2. The van der Waals surface area contributed by atoms with Gasteiger partial charge in [0.15, 0.2) is 0 Å². The average Bonchev–Trinajstić information content (AvgIpc) is 3.44. The van der Waals surface area contributed by atoms with Crippen LogP contribution in [0.1, 0.15) is 77.3 Å². The maximum atomic E-state index is 13.5. The van der Waals surface area contributed by atoms with Gasteiger partial charge in [0, 0.05) is 49.2 Å². The minimum Gasteiger partial charge on any atom is -0.393 e. The van der Waals surface area contributed by atoms with Crippen LogP contribution in [-0.2, 0) is 20.2 Å². The Morgan fingerprint density at radius 2 is 1.97 bits per heavy atom. The van der Waals surface area contributed by atoms with Crippen LogP contribution in [0.2, 0.25) is 0 Å². The Hall–Kier alpha value is -2.57. The van der Waals surface area contributed by atoms with Crippen molar-refractivity contribution in [1.82, 2.24) is 24.1 Å². The maximum Gasteiger partial charge on any atom is 0.246 e. The molecule has 6 rings (SSSR count). The van der Waals surface area contributed by atoms with Crippen LogP contribution in [0, 0.1) is 5.92 Å². The molecule has 4 aliphatic rings. The number of piperidine rings is 1. The van der Waals surface area contributed by atoms with E-state index >= 15 is 0 Å². The quantitative estimate of drug-likeness (QED) is 0.568. The lowest BCUT2D eigenvalue weighted by atomic mass is 9.92. The van der Waals surface area contributed by atoms with Gasteiger partial charge in [-0.3, -0.25) is 14.4 Å². The summed E-state index contributed by atoms with van der Waals surface area (Å²) in [6.45, 7) is 6.72. The van der Waals surface area contributed by atoms with Gasteiger partial charge in [-0.25, -0.2) is 13.4 Å². The molecule has 2 aliphatic heterocycles. The number of sulfonamides is 1. The van der Waals surface area contributed by atoms with E-state index in [-0.39, 0.29) is 41.0 Å². The molecule has 2 aromatic rings. The summed E-state index contributed by atoms with van der Waals surface area (Å²) in [6, 6.07) is 0.0410. The van der Waals surface area contributed by atoms with E-state index in [0.29, 0.717) is 37.7 Å². The Morgan fingerprint density at radius 1 is 1.18 bits per heavy atom. The lowest BCUT2D eigenvalue weighted by Crippen LogP contribution is -2.47. The molecule has 4 atom stereocenters. The number of amides is 1. The Bertz CT molecular complexity index is 1340. The molecule has 0 bridgehead atoms. The average molecular weight is 544 g/mol. The molecule has 12 heteroatoms. The molecule has 0 radical (unpaired) electrons. The first-order valence-electron chi connectivity index (χ1n) is 13.8. The molecule has 4 heterocycles. The van der Waals surface area contributed by atoms with Gasteiger partial charge in [-0.2, -0.15) is 14.4 Å². The molecule has 3 fully saturated rings. The normalized spacial score (nSPS) is 29.2. The van der Waals surface area contributed by atoms with E-state index in [9.17, 15) is 18.3 Å². The third-order valence-electron chi connectivity index (χ3n) is 8.80. The number of aliphatic hydroxyl groups excluding tert-OH is 1. The Labute approximate surface area is 223 Å². The molecular weight excluding hydrogens is 506 g/mol. The number of nitrogens with one attached hydrogen (secondary N) is 1. The lowest BCUT2D eigenvalue weighted by molar-refractivity contribution is -0.121. The van der Waals surface area contributed by atoms with Crippen molar-refractivity contribution < 1.29 is 18.3 Å². The van der Waals surface area contributed by atoms with Gasteiger partial charge >= 0.3 is 0 Å². The van der Waals surface area contributed by atoms with Crippen LogP contribution in [0.15, 0.2) is 23.5 Å². The van der Waals surface area contributed by atoms with Gasteiger partial charge in [0.05, 0.1) is 17.7 Å². The van der Waals surface area contributed by atoms with Crippen LogP contribution in [-0.4, -0.2) is 74.8 Å². The number of hydrogen-bond donors (Lipinski definition) is 2. The fourth-order valence-electron chi connectivity index (χ4n) is 6.32. The number of carbonyl (C=O) groups excluding carboxylic acids is 1. The van der Waals surface area contributed by atoms with Gasteiger partial charge in [-0.05, 0) is 64.7 Å². The summed E-state index contributed by atoms with van der Waals surface area (Å²) in [5.41, 5.74) is 0.427. The summed E-state index contributed by atoms with van der Waals surface area (Å²) in [6.07, 6.45) is 9.80. The first kappa shape index (κ1) is 25.7. The van der Waals surface area contributed by atoms with Crippen LogP contribution in [0.3, 0.4) is 0 Å². The van der Waals surface area contributed by atoms with Crippen molar-refractivity contribution >= 4 is 27.7 Å². The second kappa shape index (κ2) is 9.27. The highest BCUT2D eigenvalue weighted by molar-refractivity contribution is 7.89. The van der Waals surface area contributed by atoms with Crippen LogP contribution in [0.4, 0.5) is 11.8 Å². The third-order valence-corrected chi connectivity index (χ3v) is 10.6. The van der Waals surface area contributed by atoms with Gasteiger partial charge in [0.2, 0.25) is 21.9 Å². The number of anilines is 2. The summed E-state index contributed by atoms with van der Waals surface area (Å²) < 4.78 is 29.7. The molecule has 206 valence electrons. The van der Waals surface area contributed by atoms with Gasteiger partial charge < -0.3 is 10.4 Å². The van der Waals surface area contributed by atoms with Crippen molar-refractivity contribution in [3.63, 3.8) is 0 Å². The predicted octanol–water partition coefficient (Wildman–Crippen LogP) is 2.45. The number of carbonyl (C=O) groups is 1. The van der Waals surface area contributed by atoms with Crippen LogP contribution in [0.25, 0.3) is 0 Å². The number of fused-ring (bicyclic) bond motifs is 2. The first-order chi connectivity index (χ1) is 18.1. The zero-order chi connectivity index (χ0) is 26.8. The van der Waals surface area contributed by atoms with E-state index in [4.69, 9.17) is 4.98 Å². The van der Waals surface area contributed by atoms with E-state index in [0.717, 1.165) is 37.7 Å². The fourth-order valence-corrected chi connectivity index (χ4v) is 7.81. The van der Waals surface area contributed by atoms with E-state index in [1.54, 1.807) is 17.1 Å². The van der Waals surface area contributed by atoms with E-state index in [2.05, 4.69) is 15.4 Å². The van der Waals surface area contributed by atoms with Crippen molar-refractivity contribution in [3.05, 3.63) is 24.2 Å². The maximum absolute atomic E-state index is 13.5. The molecule has 11 nitrogen and oxygen atoms in total. The topological polar surface area (TPSA) is 134 Å². The molecule has 1 spiro atoms. The Morgan fingerprint density at radius 3 is 2.63 bits per heavy atom. The minimum absolute atomic E-state index is 0.00479. The van der Waals surface area contributed by atoms with E-state index < -0.39 is 15.4 Å². The second-order valence-electron chi connectivity index (χ2n) is 11.8. The number of rotatable bonds is 6. The summed E-state index contributed by atoms with van der Waals surface area (Å²) in [7, 11) is -3.62. The molecule has 1 saturated heterocycles. The van der Waals surface area contributed by atoms with Crippen molar-refractivity contribution in [1.29, 1.82) is 0 Å². The van der Waals surface area contributed by atoms with Crippen LogP contribution >= 0.6 is 0 Å². The van der Waals surface area contributed by atoms with Gasteiger partial charge in [0.25, 0.3) is 0 Å². The summed E-state index contributed by atoms with van der Waals surface area (Å²) in [5.74, 6) is 1.27. The minimum atomic E-state index is -3.62. The molecule has 2 aromatic heterocycles. The summed E-state index contributed by atoms with van der Waals surface area (Å²) in [4.78, 5) is 25.0. The molecule has 1 amide bonds. The summed E-state index contributed by atoms with van der Waals surface area (Å²) in [5, 5.41) is 17.9. The SMILES string of the molecule is CC(C)n1cc(S(=O)(=O)N2CC[C@H](Nc3ncc4c(n3)N(C3CCC[C@@H](O)C3)C(=O)C43CC3)[C@H](C)C2)cn1. The lowest BCUT2D eigenvalue weighted by Gasteiger charge is -2.36. The Kier molecular flexibility index (Phi) is 6.27. The molecule has 2 N–H and O–H groups in total. The molecule has 2 saturated carbocycles. The Balaban J connectivity index is 1.18. The number of hydrogen-bond acceptors (Lipinski definition) is 8. The predicted molar refractivity (Wildman–Crippen MR) is 141 cm³/mol. The van der Waals surface area contributed by atoms with E-state index in [1.807, 2.05) is 25.7 Å². The fraction of sp³-hybridized carbons (Fsp3) is 0.692. The molecule has 38 heavy (non-hydrogen) atoms. The second-order valence-corrected chi connectivity index (χ2v) is 13.7. The molecule has 1 unspecified atom stereocenters. The number of aromatic nitrogens is 4. The van der Waals surface area contributed by atoms with Crippen molar-refractivity contribution in [3.8, 4) is 0 Å². The highest BCUT2D eigenvalue weighted by Crippen LogP contribution is 2.57. The zero-order valence-corrected chi connectivity index (χ0v) is 23.1. The van der Waals surface area contributed by atoms with Crippen molar-refractivity contribution in [2.45, 2.75) is 100 Å². The smallest absolute Gasteiger partial charge is 0.246 e. The van der Waals surface area contributed by atoms with Crippen LogP contribution in [0.5, 0.6) is 0 Å². The number of nitrogens with zero attached hydrogens (tertiary/aromatic N) is 6. The largest absolute Gasteiger partial charge is 0.393 e. The van der Waals surface area contributed by atoms with Gasteiger partial charge in [-0.15, -0.1) is 0 Å². The third kappa shape index (κ3) is 4.21. The van der Waals surface area contributed by atoms with Gasteiger partial charge in [0.1, 0.15) is 10.7 Å². The zero-order valence-electron chi connectivity index (χ0n) is 22.2. The highest BCUT2D eigenvalue weighted by atomic mass is 32.2. The standard InChI is InChI=1S/C26H37N7O4S/c1-16(2)32-15-20(12-28-32)38(36,37)31-10-7-22(17(3)14-31)29-25-27-13-21-23(30-25)33(24(35)26(21)8-9-26)18-5-4-6-19(34)11-18/h12-13,15-19,22,34H,4-11,14H2,1-3H3,(H,27,29,30)/t17-,18?,19-,22+/m1/s1.